The van der Waals surface area contributed by atoms with Gasteiger partial charge >= 0.3 is 0 Å². The maximum absolute atomic E-state index is 9.09. The van der Waals surface area contributed by atoms with Gasteiger partial charge in [-0.3, -0.25) is 0 Å². The average Bonchev–Trinajstić information content (AvgIpc) is 2.01. The number of aliphatic hydroxyl groups excluding tert-OH is 3. The van der Waals surface area contributed by atoms with Crippen LogP contribution in [-0.4, -0.2) is 47.9 Å². The standard InChI is InChI=1S/C7H16O4/c8-3-1-2-7(10)6-11-5-4-9/h7-10H,1-6H2. The lowest BCUT2D eigenvalue weighted by atomic mass is 10.2. The van der Waals surface area contributed by atoms with Crippen LogP contribution in [0.4, 0.5) is 0 Å². The molecule has 11 heavy (non-hydrogen) atoms. The third-order valence-electron chi connectivity index (χ3n) is 1.24. The van der Waals surface area contributed by atoms with Crippen LogP contribution in [0, 0.1) is 0 Å². The quantitative estimate of drug-likeness (QED) is 0.428. The van der Waals surface area contributed by atoms with Crippen LogP contribution in [0.3, 0.4) is 0 Å². The van der Waals surface area contributed by atoms with Crippen LogP contribution in [0.25, 0.3) is 0 Å². The van der Waals surface area contributed by atoms with E-state index in [1.807, 2.05) is 0 Å². The average molecular weight is 164 g/mol. The summed E-state index contributed by atoms with van der Waals surface area (Å²) in [6.45, 7) is 0.570. The summed E-state index contributed by atoms with van der Waals surface area (Å²) in [6, 6.07) is 0. The van der Waals surface area contributed by atoms with E-state index in [1.54, 1.807) is 0 Å². The van der Waals surface area contributed by atoms with Crippen LogP contribution in [0.2, 0.25) is 0 Å². The first-order valence-electron chi connectivity index (χ1n) is 3.78. The Morgan fingerprint density at radius 3 is 2.45 bits per heavy atom. The van der Waals surface area contributed by atoms with Crippen molar-refractivity contribution in [1.29, 1.82) is 0 Å². The summed E-state index contributed by atoms with van der Waals surface area (Å²) in [5, 5.41) is 25.8. The molecule has 0 aliphatic rings. The van der Waals surface area contributed by atoms with E-state index in [-0.39, 0.29) is 26.4 Å². The lowest BCUT2D eigenvalue weighted by Gasteiger charge is -2.08. The summed E-state index contributed by atoms with van der Waals surface area (Å²) in [4.78, 5) is 0. The number of hydrogen-bond donors (Lipinski definition) is 3. The molecular formula is C7H16O4. The Labute approximate surface area is 66.4 Å². The van der Waals surface area contributed by atoms with Crippen LogP contribution in [0.15, 0.2) is 0 Å². The van der Waals surface area contributed by atoms with Crippen molar-refractivity contribution in [1.82, 2.24) is 0 Å². The zero-order chi connectivity index (χ0) is 8.53. The minimum Gasteiger partial charge on any atom is -0.396 e. The minimum atomic E-state index is -0.520. The van der Waals surface area contributed by atoms with Gasteiger partial charge in [0.2, 0.25) is 0 Å². The number of ether oxygens (including phenoxy) is 1. The van der Waals surface area contributed by atoms with Crippen molar-refractivity contribution in [3.8, 4) is 0 Å². The second-order valence-electron chi connectivity index (χ2n) is 2.32. The zero-order valence-electron chi connectivity index (χ0n) is 6.57. The topological polar surface area (TPSA) is 69.9 Å². The third-order valence-corrected chi connectivity index (χ3v) is 1.24. The Morgan fingerprint density at radius 2 is 1.91 bits per heavy atom. The van der Waals surface area contributed by atoms with Gasteiger partial charge in [-0.25, -0.2) is 0 Å². The van der Waals surface area contributed by atoms with Crippen molar-refractivity contribution in [2.24, 2.45) is 0 Å². The summed E-state index contributed by atoms with van der Waals surface area (Å²) in [5.41, 5.74) is 0. The molecule has 0 saturated carbocycles. The van der Waals surface area contributed by atoms with E-state index in [4.69, 9.17) is 20.1 Å². The highest BCUT2D eigenvalue weighted by Gasteiger charge is 2.02. The molecule has 0 aliphatic heterocycles. The van der Waals surface area contributed by atoms with Crippen molar-refractivity contribution in [2.75, 3.05) is 26.4 Å². The van der Waals surface area contributed by atoms with Crippen LogP contribution >= 0.6 is 0 Å². The van der Waals surface area contributed by atoms with Gasteiger partial charge in [0.05, 0.1) is 25.9 Å². The maximum atomic E-state index is 9.09. The molecule has 68 valence electrons. The van der Waals surface area contributed by atoms with Crippen LogP contribution < -0.4 is 0 Å². The molecule has 3 N–H and O–H groups in total. The maximum Gasteiger partial charge on any atom is 0.0774 e. The highest BCUT2D eigenvalue weighted by Crippen LogP contribution is 1.96. The first kappa shape index (κ1) is 10.8. The number of hydrogen-bond acceptors (Lipinski definition) is 4. The lowest BCUT2D eigenvalue weighted by molar-refractivity contribution is 0.0155. The second kappa shape index (κ2) is 7.94. The van der Waals surface area contributed by atoms with Crippen LogP contribution in [0.1, 0.15) is 12.8 Å². The Bertz CT molecular complexity index is 76.8. The van der Waals surface area contributed by atoms with Crippen LogP contribution in [0.5, 0.6) is 0 Å². The Morgan fingerprint density at radius 1 is 1.18 bits per heavy atom. The largest absolute Gasteiger partial charge is 0.396 e. The molecule has 4 nitrogen and oxygen atoms in total. The number of rotatable bonds is 7. The molecule has 0 amide bonds. The van der Waals surface area contributed by atoms with E-state index in [1.165, 1.54) is 0 Å². The van der Waals surface area contributed by atoms with E-state index in [0.717, 1.165) is 0 Å². The van der Waals surface area contributed by atoms with Crippen molar-refractivity contribution in [3.63, 3.8) is 0 Å². The van der Waals surface area contributed by atoms with Gasteiger partial charge in [-0.05, 0) is 12.8 Å². The predicted molar refractivity (Wildman–Crippen MR) is 40.2 cm³/mol. The molecule has 1 unspecified atom stereocenters. The molecule has 0 radical (unpaired) electrons. The molecule has 0 rings (SSSR count). The molecule has 1 atom stereocenters. The molecule has 0 fully saturated rings. The molecular weight excluding hydrogens is 148 g/mol. The normalized spacial score (nSPS) is 13.4. The molecule has 0 aromatic carbocycles. The van der Waals surface area contributed by atoms with E-state index < -0.39 is 6.10 Å². The van der Waals surface area contributed by atoms with Gasteiger partial charge in [0.25, 0.3) is 0 Å². The lowest BCUT2D eigenvalue weighted by Crippen LogP contribution is -2.16. The van der Waals surface area contributed by atoms with Crippen molar-refractivity contribution in [3.05, 3.63) is 0 Å². The molecule has 0 aromatic heterocycles. The zero-order valence-corrected chi connectivity index (χ0v) is 6.57. The molecule has 0 bridgehead atoms. The van der Waals surface area contributed by atoms with E-state index >= 15 is 0 Å². The minimum absolute atomic E-state index is 0.0211. The fourth-order valence-electron chi connectivity index (χ4n) is 0.694. The van der Waals surface area contributed by atoms with Gasteiger partial charge in [-0.15, -0.1) is 0 Å². The monoisotopic (exact) mass is 164 g/mol. The second-order valence-corrected chi connectivity index (χ2v) is 2.32. The SMILES string of the molecule is OCCCC(O)COCCO. The smallest absolute Gasteiger partial charge is 0.0774 e. The summed E-state index contributed by atoms with van der Waals surface area (Å²) in [6.07, 6.45) is 0.611. The fraction of sp³-hybridized carbons (Fsp3) is 1.00. The summed E-state index contributed by atoms with van der Waals surface area (Å²) >= 11 is 0. The Hall–Kier alpha value is -0.160. The van der Waals surface area contributed by atoms with Crippen molar-refractivity contribution < 1.29 is 20.1 Å². The van der Waals surface area contributed by atoms with Gasteiger partial charge in [0, 0.05) is 6.61 Å². The van der Waals surface area contributed by atoms with Crippen LogP contribution in [-0.2, 0) is 4.74 Å². The molecule has 0 saturated heterocycles. The van der Waals surface area contributed by atoms with E-state index in [9.17, 15) is 0 Å². The summed E-state index contributed by atoms with van der Waals surface area (Å²) in [7, 11) is 0. The molecule has 0 aromatic rings. The van der Waals surface area contributed by atoms with Gasteiger partial charge < -0.3 is 20.1 Å². The Kier molecular flexibility index (Phi) is 7.83. The first-order valence-corrected chi connectivity index (χ1v) is 3.78. The third kappa shape index (κ3) is 7.74. The van der Waals surface area contributed by atoms with Gasteiger partial charge in [0.1, 0.15) is 0 Å². The first-order chi connectivity index (χ1) is 5.31. The molecule has 0 heterocycles. The van der Waals surface area contributed by atoms with Gasteiger partial charge in [0.15, 0.2) is 0 Å². The molecule has 4 heteroatoms. The highest BCUT2D eigenvalue weighted by molar-refractivity contribution is 4.52. The van der Waals surface area contributed by atoms with Gasteiger partial charge in [-0.1, -0.05) is 0 Å². The molecule has 0 aliphatic carbocycles. The number of aliphatic hydroxyl groups is 3. The summed E-state index contributed by atoms with van der Waals surface area (Å²) in [5.74, 6) is 0. The fourth-order valence-corrected chi connectivity index (χ4v) is 0.694. The van der Waals surface area contributed by atoms with E-state index in [2.05, 4.69) is 0 Å². The summed E-state index contributed by atoms with van der Waals surface area (Å²) < 4.78 is 4.86. The highest BCUT2D eigenvalue weighted by atomic mass is 16.5. The van der Waals surface area contributed by atoms with E-state index in [0.29, 0.717) is 12.8 Å². The molecule has 0 spiro atoms. The van der Waals surface area contributed by atoms with Crippen molar-refractivity contribution in [2.45, 2.75) is 18.9 Å². The Balaban J connectivity index is 3.02. The predicted octanol–water partition coefficient (Wildman–Crippen LogP) is -0.871. The van der Waals surface area contributed by atoms with Crippen molar-refractivity contribution >= 4 is 0 Å². The van der Waals surface area contributed by atoms with Gasteiger partial charge in [-0.2, -0.15) is 0 Å².